The summed E-state index contributed by atoms with van der Waals surface area (Å²) in [4.78, 5) is 21.2. The van der Waals surface area contributed by atoms with Gasteiger partial charge in [0.2, 0.25) is 5.95 Å². The molecule has 1 N–H and O–H groups in total. The van der Waals surface area contributed by atoms with Crippen LogP contribution in [0.1, 0.15) is 38.3 Å². The second-order valence-corrected chi connectivity index (χ2v) is 4.69. The number of carbonyl (C=O) groups is 1. The zero-order valence-corrected chi connectivity index (χ0v) is 10.1. The monoisotopic (exact) mass is 235 g/mol. The van der Waals surface area contributed by atoms with Gasteiger partial charge in [-0.3, -0.25) is 4.79 Å². The fourth-order valence-corrected chi connectivity index (χ4v) is 1.72. The van der Waals surface area contributed by atoms with Crippen molar-refractivity contribution >= 4 is 11.9 Å². The smallest absolute Gasteiger partial charge is 0.323 e. The molecular formula is C12H17N3O2. The Morgan fingerprint density at radius 2 is 2.29 bits per heavy atom. The highest BCUT2D eigenvalue weighted by molar-refractivity contribution is 5.73. The second-order valence-electron chi connectivity index (χ2n) is 4.69. The molecule has 17 heavy (non-hydrogen) atoms. The molecule has 0 amide bonds. The van der Waals surface area contributed by atoms with Crippen molar-refractivity contribution in [1.82, 2.24) is 9.97 Å². The van der Waals surface area contributed by atoms with Gasteiger partial charge >= 0.3 is 5.97 Å². The van der Waals surface area contributed by atoms with E-state index in [9.17, 15) is 4.79 Å². The zero-order valence-electron chi connectivity index (χ0n) is 10.1. The molecule has 1 aliphatic rings. The maximum Gasteiger partial charge on any atom is 0.323 e. The molecule has 0 spiro atoms. The number of carboxylic acid groups (broad SMARTS) is 1. The summed E-state index contributed by atoms with van der Waals surface area (Å²) >= 11 is 0. The Morgan fingerprint density at radius 1 is 1.59 bits per heavy atom. The summed E-state index contributed by atoms with van der Waals surface area (Å²) in [5.41, 5.74) is 0.950. The first kappa shape index (κ1) is 11.8. The van der Waals surface area contributed by atoms with Crippen LogP contribution in [0, 0.1) is 0 Å². The average Bonchev–Trinajstić information content (AvgIpc) is 3.09. The summed E-state index contributed by atoms with van der Waals surface area (Å²) in [6.07, 6.45) is 3.76. The van der Waals surface area contributed by atoms with Crippen molar-refractivity contribution in [2.75, 3.05) is 11.4 Å². The maximum absolute atomic E-state index is 10.8. The predicted molar refractivity (Wildman–Crippen MR) is 64.1 cm³/mol. The van der Waals surface area contributed by atoms with Crippen LogP contribution in [0.3, 0.4) is 0 Å². The standard InChI is InChI=1S/C12H17N3O2/c1-8(2)10-5-6-13-12(14-10)15(7-11(16)17)9-3-4-9/h5-6,8-9H,3-4,7H2,1-2H3,(H,16,17). The van der Waals surface area contributed by atoms with Crippen LogP contribution >= 0.6 is 0 Å². The van der Waals surface area contributed by atoms with Gasteiger partial charge in [-0.1, -0.05) is 13.8 Å². The Morgan fingerprint density at radius 3 is 2.82 bits per heavy atom. The number of hydrogen-bond donors (Lipinski definition) is 1. The number of rotatable bonds is 5. The highest BCUT2D eigenvalue weighted by atomic mass is 16.4. The van der Waals surface area contributed by atoms with E-state index in [1.54, 1.807) is 11.1 Å². The molecule has 0 aromatic carbocycles. The molecule has 1 heterocycles. The van der Waals surface area contributed by atoms with Crippen LogP contribution in [0.25, 0.3) is 0 Å². The van der Waals surface area contributed by atoms with Crippen molar-refractivity contribution in [3.05, 3.63) is 18.0 Å². The van der Waals surface area contributed by atoms with E-state index in [0.29, 0.717) is 17.9 Å². The number of aromatic nitrogens is 2. The van der Waals surface area contributed by atoms with Crippen molar-refractivity contribution < 1.29 is 9.90 Å². The number of aliphatic carboxylic acids is 1. The van der Waals surface area contributed by atoms with Crippen molar-refractivity contribution in [1.29, 1.82) is 0 Å². The molecular weight excluding hydrogens is 218 g/mol. The lowest BCUT2D eigenvalue weighted by Crippen LogP contribution is -2.33. The van der Waals surface area contributed by atoms with E-state index in [2.05, 4.69) is 23.8 Å². The Hall–Kier alpha value is -1.65. The number of anilines is 1. The molecule has 0 atom stereocenters. The van der Waals surface area contributed by atoms with Gasteiger partial charge in [0.25, 0.3) is 0 Å². The minimum absolute atomic E-state index is 0.0216. The van der Waals surface area contributed by atoms with Crippen LogP contribution in [-0.2, 0) is 4.79 Å². The van der Waals surface area contributed by atoms with Gasteiger partial charge in [-0.2, -0.15) is 0 Å². The Balaban J connectivity index is 2.22. The van der Waals surface area contributed by atoms with E-state index in [1.807, 2.05) is 6.07 Å². The van der Waals surface area contributed by atoms with Gasteiger partial charge in [0, 0.05) is 17.9 Å². The normalized spacial score (nSPS) is 15.0. The zero-order chi connectivity index (χ0) is 12.4. The van der Waals surface area contributed by atoms with E-state index in [0.717, 1.165) is 18.5 Å². The van der Waals surface area contributed by atoms with E-state index >= 15 is 0 Å². The molecule has 2 rings (SSSR count). The van der Waals surface area contributed by atoms with Gasteiger partial charge in [0.15, 0.2) is 0 Å². The molecule has 5 nitrogen and oxygen atoms in total. The van der Waals surface area contributed by atoms with E-state index in [1.165, 1.54) is 0 Å². The highest BCUT2D eigenvalue weighted by Gasteiger charge is 2.32. The third-order valence-corrected chi connectivity index (χ3v) is 2.81. The predicted octanol–water partition coefficient (Wildman–Crippen LogP) is 1.65. The molecule has 0 saturated heterocycles. The van der Waals surface area contributed by atoms with Crippen molar-refractivity contribution in [3.63, 3.8) is 0 Å². The van der Waals surface area contributed by atoms with E-state index in [-0.39, 0.29) is 6.54 Å². The van der Waals surface area contributed by atoms with Crippen LogP contribution in [0.5, 0.6) is 0 Å². The number of nitrogens with zero attached hydrogens (tertiary/aromatic N) is 3. The largest absolute Gasteiger partial charge is 0.480 e. The number of carboxylic acids is 1. The summed E-state index contributed by atoms with van der Waals surface area (Å²) in [5.74, 6) is 0.0270. The Bertz CT molecular complexity index is 416. The SMILES string of the molecule is CC(C)c1ccnc(N(CC(=O)O)C2CC2)n1. The van der Waals surface area contributed by atoms with Crippen molar-refractivity contribution in [2.45, 2.75) is 38.6 Å². The minimum Gasteiger partial charge on any atom is -0.480 e. The molecule has 0 bridgehead atoms. The summed E-state index contributed by atoms with van der Waals surface area (Å²) in [6.45, 7) is 4.10. The van der Waals surface area contributed by atoms with Gasteiger partial charge in [0.1, 0.15) is 6.54 Å². The van der Waals surface area contributed by atoms with Crippen LogP contribution in [0.4, 0.5) is 5.95 Å². The molecule has 5 heteroatoms. The third kappa shape index (κ3) is 2.93. The molecule has 1 aliphatic carbocycles. The van der Waals surface area contributed by atoms with Crippen molar-refractivity contribution in [3.8, 4) is 0 Å². The topological polar surface area (TPSA) is 66.3 Å². The first-order chi connectivity index (χ1) is 8.08. The van der Waals surface area contributed by atoms with Crippen LogP contribution < -0.4 is 4.90 Å². The van der Waals surface area contributed by atoms with Gasteiger partial charge in [0.05, 0.1) is 0 Å². The van der Waals surface area contributed by atoms with Crippen LogP contribution in [0.2, 0.25) is 0 Å². The maximum atomic E-state index is 10.8. The lowest BCUT2D eigenvalue weighted by atomic mass is 10.1. The molecule has 1 fully saturated rings. The third-order valence-electron chi connectivity index (χ3n) is 2.81. The molecule has 0 unspecified atom stereocenters. The summed E-state index contributed by atoms with van der Waals surface area (Å²) in [6, 6.07) is 2.17. The molecule has 1 saturated carbocycles. The fourth-order valence-electron chi connectivity index (χ4n) is 1.72. The first-order valence-electron chi connectivity index (χ1n) is 5.89. The van der Waals surface area contributed by atoms with Gasteiger partial charge in [-0.05, 0) is 24.8 Å². The van der Waals surface area contributed by atoms with Crippen LogP contribution in [-0.4, -0.2) is 33.6 Å². The first-order valence-corrected chi connectivity index (χ1v) is 5.89. The number of hydrogen-bond acceptors (Lipinski definition) is 4. The fraction of sp³-hybridized carbons (Fsp3) is 0.583. The molecule has 1 aromatic rings. The van der Waals surface area contributed by atoms with E-state index in [4.69, 9.17) is 5.11 Å². The van der Waals surface area contributed by atoms with Crippen molar-refractivity contribution in [2.24, 2.45) is 0 Å². The molecule has 92 valence electrons. The minimum atomic E-state index is -0.838. The Kier molecular flexibility index (Phi) is 3.26. The summed E-state index contributed by atoms with van der Waals surface area (Å²) < 4.78 is 0. The van der Waals surface area contributed by atoms with E-state index < -0.39 is 5.97 Å². The Labute approximate surface area is 100 Å². The quantitative estimate of drug-likeness (QED) is 0.840. The molecule has 0 aliphatic heterocycles. The lowest BCUT2D eigenvalue weighted by molar-refractivity contribution is -0.135. The highest BCUT2D eigenvalue weighted by Crippen LogP contribution is 2.29. The average molecular weight is 235 g/mol. The van der Waals surface area contributed by atoms with Gasteiger partial charge in [-0.15, -0.1) is 0 Å². The second kappa shape index (κ2) is 4.69. The van der Waals surface area contributed by atoms with Gasteiger partial charge < -0.3 is 10.0 Å². The van der Waals surface area contributed by atoms with Crippen LogP contribution in [0.15, 0.2) is 12.3 Å². The molecule has 1 aromatic heterocycles. The molecule has 0 radical (unpaired) electrons. The summed E-state index contributed by atoms with van der Waals surface area (Å²) in [7, 11) is 0. The summed E-state index contributed by atoms with van der Waals surface area (Å²) in [5, 5.41) is 8.90. The lowest BCUT2D eigenvalue weighted by Gasteiger charge is -2.20. The van der Waals surface area contributed by atoms with Gasteiger partial charge in [-0.25, -0.2) is 9.97 Å².